The van der Waals surface area contributed by atoms with Gasteiger partial charge in [-0.2, -0.15) is 13.2 Å². The van der Waals surface area contributed by atoms with Gasteiger partial charge < -0.3 is 9.72 Å². The first-order chi connectivity index (χ1) is 14.2. The number of nitrogens with one attached hydrogen (secondary N) is 1. The number of anilines is 1. The Balaban J connectivity index is 1.61. The van der Waals surface area contributed by atoms with Crippen LogP contribution in [0.3, 0.4) is 0 Å². The van der Waals surface area contributed by atoms with E-state index in [1.807, 2.05) is 28.9 Å². The van der Waals surface area contributed by atoms with Crippen molar-refractivity contribution in [2.45, 2.75) is 6.18 Å². The lowest BCUT2D eigenvalue weighted by atomic mass is 10.1. The highest BCUT2D eigenvalue weighted by atomic mass is 79.9. The molecule has 0 aliphatic heterocycles. The van der Waals surface area contributed by atoms with Crippen LogP contribution in [-0.2, 0) is 6.18 Å². The highest BCUT2D eigenvalue weighted by Crippen LogP contribution is 2.30. The van der Waals surface area contributed by atoms with E-state index in [-0.39, 0.29) is 5.56 Å². The van der Waals surface area contributed by atoms with Gasteiger partial charge in [-0.25, -0.2) is 4.98 Å². The summed E-state index contributed by atoms with van der Waals surface area (Å²) in [6.07, 6.45) is -0.795. The first-order valence-electron chi connectivity index (χ1n) is 8.63. The number of halogens is 5. The number of rotatable bonds is 3. The molecule has 30 heavy (non-hydrogen) atoms. The quantitative estimate of drug-likeness (QED) is 0.312. The van der Waals surface area contributed by atoms with Crippen molar-refractivity contribution in [2.75, 3.05) is 5.32 Å². The second-order valence-electron chi connectivity index (χ2n) is 6.48. The standard InChI is InChI=1S/C21H12Br2F3N3O/c22-15-9-17(23)19-28-18(11-29(19)10-15)12-3-2-6-16(8-12)27-20(30)13-4-1-5-14(7-13)21(24,25)26/h1-11H,(H,27,30). The van der Waals surface area contributed by atoms with Crippen LogP contribution in [-0.4, -0.2) is 15.3 Å². The van der Waals surface area contributed by atoms with Gasteiger partial charge in [-0.3, -0.25) is 4.79 Å². The van der Waals surface area contributed by atoms with E-state index in [0.29, 0.717) is 11.4 Å². The number of hydrogen-bond acceptors (Lipinski definition) is 2. The predicted molar refractivity (Wildman–Crippen MR) is 115 cm³/mol. The van der Waals surface area contributed by atoms with Gasteiger partial charge >= 0.3 is 6.18 Å². The molecule has 0 aliphatic rings. The zero-order valence-corrected chi connectivity index (χ0v) is 18.2. The molecular formula is C21H12Br2F3N3O. The Labute approximate surface area is 186 Å². The largest absolute Gasteiger partial charge is 0.416 e. The fourth-order valence-corrected chi connectivity index (χ4v) is 4.26. The molecule has 0 saturated heterocycles. The summed E-state index contributed by atoms with van der Waals surface area (Å²) in [5, 5.41) is 2.64. The highest BCUT2D eigenvalue weighted by molar-refractivity contribution is 9.11. The molecule has 152 valence electrons. The topological polar surface area (TPSA) is 46.4 Å². The van der Waals surface area contributed by atoms with Crippen LogP contribution >= 0.6 is 31.9 Å². The average molecular weight is 539 g/mol. The molecule has 0 unspecified atom stereocenters. The lowest BCUT2D eigenvalue weighted by molar-refractivity contribution is -0.137. The molecule has 9 heteroatoms. The first-order valence-corrected chi connectivity index (χ1v) is 10.2. The van der Waals surface area contributed by atoms with Crippen LogP contribution in [0.2, 0.25) is 0 Å². The van der Waals surface area contributed by atoms with Gasteiger partial charge in [0.15, 0.2) is 5.65 Å². The number of pyridine rings is 1. The molecule has 0 saturated carbocycles. The molecule has 2 aromatic heterocycles. The van der Waals surface area contributed by atoms with Crippen LogP contribution in [0.25, 0.3) is 16.9 Å². The normalized spacial score (nSPS) is 11.6. The van der Waals surface area contributed by atoms with E-state index in [2.05, 4.69) is 42.2 Å². The van der Waals surface area contributed by atoms with Crippen molar-refractivity contribution >= 4 is 49.1 Å². The van der Waals surface area contributed by atoms with Gasteiger partial charge in [0.05, 0.1) is 15.7 Å². The number of amides is 1. The van der Waals surface area contributed by atoms with E-state index in [9.17, 15) is 18.0 Å². The number of carbonyl (C=O) groups excluding carboxylic acids is 1. The Morgan fingerprint density at radius 2 is 1.77 bits per heavy atom. The summed E-state index contributed by atoms with van der Waals surface area (Å²) in [4.78, 5) is 17.1. The highest BCUT2D eigenvalue weighted by Gasteiger charge is 2.30. The molecule has 4 rings (SSSR count). The number of carbonyl (C=O) groups is 1. The monoisotopic (exact) mass is 537 g/mol. The van der Waals surface area contributed by atoms with Crippen LogP contribution in [0, 0.1) is 0 Å². The molecule has 0 aliphatic carbocycles. The van der Waals surface area contributed by atoms with Crippen LogP contribution in [0.4, 0.5) is 18.9 Å². The average Bonchev–Trinajstić information content (AvgIpc) is 3.12. The Morgan fingerprint density at radius 3 is 2.53 bits per heavy atom. The maximum atomic E-state index is 12.9. The predicted octanol–water partition coefficient (Wildman–Crippen LogP) is 6.80. The summed E-state index contributed by atoms with van der Waals surface area (Å²) in [7, 11) is 0. The number of aromatic nitrogens is 2. The lowest BCUT2D eigenvalue weighted by Gasteiger charge is -2.10. The van der Waals surface area contributed by atoms with Crippen molar-refractivity contribution in [1.29, 1.82) is 0 Å². The second-order valence-corrected chi connectivity index (χ2v) is 8.25. The van der Waals surface area contributed by atoms with E-state index in [4.69, 9.17) is 0 Å². The van der Waals surface area contributed by atoms with Crippen LogP contribution in [0.15, 0.2) is 75.9 Å². The number of hydrogen-bond donors (Lipinski definition) is 1. The van der Waals surface area contributed by atoms with E-state index in [1.54, 1.807) is 18.2 Å². The zero-order valence-electron chi connectivity index (χ0n) is 15.0. The Hall–Kier alpha value is -2.65. The first kappa shape index (κ1) is 20.6. The summed E-state index contributed by atoms with van der Waals surface area (Å²) < 4.78 is 42.2. The fraction of sp³-hybridized carbons (Fsp3) is 0.0476. The van der Waals surface area contributed by atoms with Gasteiger partial charge in [0.25, 0.3) is 5.91 Å². The molecule has 0 atom stereocenters. The minimum atomic E-state index is -4.51. The Kier molecular flexibility index (Phi) is 5.42. The van der Waals surface area contributed by atoms with Crippen molar-refractivity contribution in [3.05, 3.63) is 87.1 Å². The van der Waals surface area contributed by atoms with Gasteiger partial charge in [0.1, 0.15) is 0 Å². The molecule has 0 radical (unpaired) electrons. The van der Waals surface area contributed by atoms with Gasteiger partial charge in [0.2, 0.25) is 0 Å². The zero-order chi connectivity index (χ0) is 21.5. The fourth-order valence-electron chi connectivity index (χ4n) is 2.96. The van der Waals surface area contributed by atoms with Crippen LogP contribution < -0.4 is 5.32 Å². The van der Waals surface area contributed by atoms with Crippen molar-refractivity contribution in [2.24, 2.45) is 0 Å². The van der Waals surface area contributed by atoms with Crippen molar-refractivity contribution in [3.63, 3.8) is 0 Å². The molecule has 0 bridgehead atoms. The number of fused-ring (bicyclic) bond motifs is 1. The molecule has 1 N–H and O–H groups in total. The van der Waals surface area contributed by atoms with E-state index < -0.39 is 17.6 Å². The molecule has 2 heterocycles. The summed E-state index contributed by atoms with van der Waals surface area (Å²) in [5.41, 5.74) is 1.67. The van der Waals surface area contributed by atoms with Crippen molar-refractivity contribution in [1.82, 2.24) is 9.38 Å². The molecule has 1 amide bonds. The number of imidazole rings is 1. The number of nitrogens with zero attached hydrogens (tertiary/aromatic N) is 2. The maximum Gasteiger partial charge on any atom is 0.416 e. The molecular weight excluding hydrogens is 527 g/mol. The summed E-state index contributed by atoms with van der Waals surface area (Å²) >= 11 is 6.91. The Morgan fingerprint density at radius 1 is 1.00 bits per heavy atom. The third kappa shape index (κ3) is 4.27. The Bertz CT molecular complexity index is 1270. The minimum Gasteiger partial charge on any atom is -0.322 e. The third-order valence-electron chi connectivity index (χ3n) is 4.34. The molecule has 0 fully saturated rings. The van der Waals surface area contributed by atoms with E-state index in [1.165, 1.54) is 12.1 Å². The maximum absolute atomic E-state index is 12.9. The molecule has 0 spiro atoms. The van der Waals surface area contributed by atoms with Crippen molar-refractivity contribution in [3.8, 4) is 11.3 Å². The number of benzene rings is 2. The van der Waals surface area contributed by atoms with Gasteiger partial charge in [-0.15, -0.1) is 0 Å². The SMILES string of the molecule is O=C(Nc1cccc(-c2cn3cc(Br)cc(Br)c3n2)c1)c1cccc(C(F)(F)F)c1. The second kappa shape index (κ2) is 7.88. The van der Waals surface area contributed by atoms with Crippen LogP contribution in [0.1, 0.15) is 15.9 Å². The van der Waals surface area contributed by atoms with E-state index in [0.717, 1.165) is 32.3 Å². The molecule has 4 nitrogen and oxygen atoms in total. The summed E-state index contributed by atoms with van der Waals surface area (Å²) in [6, 6.07) is 13.2. The minimum absolute atomic E-state index is 0.0725. The lowest BCUT2D eigenvalue weighted by Crippen LogP contribution is -2.13. The number of alkyl halides is 3. The van der Waals surface area contributed by atoms with Gasteiger partial charge in [0, 0.05) is 33.7 Å². The van der Waals surface area contributed by atoms with Crippen LogP contribution in [0.5, 0.6) is 0 Å². The molecule has 2 aromatic carbocycles. The van der Waals surface area contributed by atoms with Crippen molar-refractivity contribution < 1.29 is 18.0 Å². The third-order valence-corrected chi connectivity index (χ3v) is 5.36. The summed E-state index contributed by atoms with van der Waals surface area (Å²) in [6.45, 7) is 0. The van der Waals surface area contributed by atoms with Gasteiger partial charge in [-0.05, 0) is 68.3 Å². The smallest absolute Gasteiger partial charge is 0.322 e. The molecule has 4 aromatic rings. The van der Waals surface area contributed by atoms with E-state index >= 15 is 0 Å². The van der Waals surface area contributed by atoms with Gasteiger partial charge in [-0.1, -0.05) is 18.2 Å². The summed E-state index contributed by atoms with van der Waals surface area (Å²) in [5.74, 6) is -0.625.